The monoisotopic (exact) mass is 307 g/mol. The molecular weight excluding hydrogens is 291 g/mol. The highest BCUT2D eigenvalue weighted by molar-refractivity contribution is 5.92. The van der Waals surface area contributed by atoms with Gasteiger partial charge in [0.05, 0.1) is 18.6 Å². The molecule has 0 aromatic heterocycles. The van der Waals surface area contributed by atoms with E-state index in [-0.39, 0.29) is 11.2 Å². The third-order valence-electron chi connectivity index (χ3n) is 3.76. The fraction of sp³-hybridized carbons (Fsp3) is 0.583. The fourth-order valence-corrected chi connectivity index (χ4v) is 2.47. The summed E-state index contributed by atoms with van der Waals surface area (Å²) in [6.07, 6.45) is -4.80. The molecule has 2 saturated heterocycles. The van der Waals surface area contributed by atoms with Gasteiger partial charge in [-0.2, -0.15) is 13.2 Å². The molecule has 2 aliphatic heterocycles. The summed E-state index contributed by atoms with van der Waals surface area (Å²) in [5.74, 6) is -1.74. The van der Waals surface area contributed by atoms with Crippen LogP contribution in [0.1, 0.15) is 6.92 Å². The lowest BCUT2D eigenvalue weighted by Crippen LogP contribution is -2.66. The first-order valence-corrected chi connectivity index (χ1v) is 6.17. The first kappa shape index (κ1) is 15.5. The van der Waals surface area contributed by atoms with Crippen LogP contribution < -0.4 is 11.5 Å². The molecular formula is C12H16F3N3O3. The second-order valence-electron chi connectivity index (χ2n) is 5.45. The first-order valence-electron chi connectivity index (χ1n) is 6.17. The van der Waals surface area contributed by atoms with Gasteiger partial charge in [-0.05, 0) is 12.5 Å². The van der Waals surface area contributed by atoms with Crippen LogP contribution in [0.3, 0.4) is 0 Å². The lowest BCUT2D eigenvalue weighted by molar-refractivity contribution is -0.180. The first-order chi connectivity index (χ1) is 9.57. The zero-order chi connectivity index (χ0) is 16.0. The number of allylic oxidation sites excluding steroid dienone is 1. The number of carboxylic acids is 1. The summed E-state index contributed by atoms with van der Waals surface area (Å²) in [6.45, 7) is 3.04. The summed E-state index contributed by atoms with van der Waals surface area (Å²) in [6, 6.07) is 0. The zero-order valence-corrected chi connectivity index (χ0v) is 11.3. The SMILES string of the molecule is CC(/C(C(=O)O)=C(\N)N1CC2(COC2)C1)=C(/N)C(F)(F)F. The maximum atomic E-state index is 12.6. The topological polar surface area (TPSA) is 102 Å². The number of likely N-dealkylation sites (tertiary alicyclic amines) is 1. The largest absolute Gasteiger partial charge is 0.478 e. The Bertz CT molecular complexity index is 528. The molecule has 2 heterocycles. The third kappa shape index (κ3) is 2.65. The average molecular weight is 307 g/mol. The molecule has 0 radical (unpaired) electrons. The average Bonchev–Trinajstić information content (AvgIpc) is 2.22. The van der Waals surface area contributed by atoms with Gasteiger partial charge in [0.2, 0.25) is 0 Å². The number of rotatable bonds is 3. The van der Waals surface area contributed by atoms with E-state index in [2.05, 4.69) is 0 Å². The molecule has 0 aliphatic carbocycles. The van der Waals surface area contributed by atoms with Crippen molar-refractivity contribution in [3.05, 3.63) is 22.7 Å². The van der Waals surface area contributed by atoms with E-state index in [1.807, 2.05) is 0 Å². The van der Waals surface area contributed by atoms with Gasteiger partial charge in [0.1, 0.15) is 17.1 Å². The van der Waals surface area contributed by atoms with E-state index in [0.29, 0.717) is 26.3 Å². The molecule has 0 bridgehead atoms. The molecule has 6 nitrogen and oxygen atoms in total. The summed E-state index contributed by atoms with van der Waals surface area (Å²) in [7, 11) is 0. The fourth-order valence-electron chi connectivity index (χ4n) is 2.47. The number of hydrogen-bond donors (Lipinski definition) is 3. The molecule has 0 saturated carbocycles. The van der Waals surface area contributed by atoms with E-state index >= 15 is 0 Å². The van der Waals surface area contributed by atoms with Crippen molar-refractivity contribution in [3.8, 4) is 0 Å². The summed E-state index contributed by atoms with van der Waals surface area (Å²) in [5.41, 5.74) is 8.03. The van der Waals surface area contributed by atoms with E-state index in [0.717, 1.165) is 6.92 Å². The van der Waals surface area contributed by atoms with E-state index in [1.54, 1.807) is 0 Å². The number of ether oxygens (including phenoxy) is 1. The van der Waals surface area contributed by atoms with Crippen molar-refractivity contribution in [2.75, 3.05) is 26.3 Å². The summed E-state index contributed by atoms with van der Waals surface area (Å²) >= 11 is 0. The standard InChI is InChI=1S/C12H16F3N3O3/c1-6(8(16)12(13,14)15)7(10(19)20)9(17)18-2-11(3-18)4-21-5-11/h2-5,16-17H2,1H3,(H,19,20)/b8-6-,9-7-. The molecule has 21 heavy (non-hydrogen) atoms. The third-order valence-corrected chi connectivity index (χ3v) is 3.76. The maximum absolute atomic E-state index is 12.6. The maximum Gasteiger partial charge on any atom is 0.431 e. The molecule has 9 heteroatoms. The lowest BCUT2D eigenvalue weighted by atomic mass is 9.78. The number of carboxylic acid groups (broad SMARTS) is 1. The van der Waals surface area contributed by atoms with E-state index < -0.39 is 29.0 Å². The number of nitrogens with two attached hydrogens (primary N) is 2. The summed E-state index contributed by atoms with van der Waals surface area (Å²) < 4.78 is 42.9. The highest BCUT2D eigenvalue weighted by Gasteiger charge is 2.50. The molecule has 118 valence electrons. The molecule has 1 spiro atoms. The Labute approximate surface area is 118 Å². The Balaban J connectivity index is 2.30. The predicted octanol–water partition coefficient (Wildman–Crippen LogP) is 0.368. The summed E-state index contributed by atoms with van der Waals surface area (Å²) in [4.78, 5) is 12.8. The van der Waals surface area contributed by atoms with Crippen molar-refractivity contribution >= 4 is 5.97 Å². The van der Waals surface area contributed by atoms with Crippen LogP contribution in [-0.2, 0) is 9.53 Å². The van der Waals surface area contributed by atoms with Gasteiger partial charge in [-0.1, -0.05) is 0 Å². The molecule has 0 amide bonds. The molecule has 2 aliphatic rings. The van der Waals surface area contributed by atoms with Crippen LogP contribution >= 0.6 is 0 Å². The Hall–Kier alpha value is -1.90. The van der Waals surface area contributed by atoms with Crippen LogP contribution in [0.2, 0.25) is 0 Å². The highest BCUT2D eigenvalue weighted by atomic mass is 19.4. The van der Waals surface area contributed by atoms with E-state index in [1.165, 1.54) is 4.90 Å². The quantitative estimate of drug-likeness (QED) is 0.514. The van der Waals surface area contributed by atoms with Crippen LogP contribution in [0, 0.1) is 5.41 Å². The van der Waals surface area contributed by atoms with E-state index in [9.17, 15) is 18.0 Å². The van der Waals surface area contributed by atoms with Crippen molar-refractivity contribution < 1.29 is 27.8 Å². The van der Waals surface area contributed by atoms with Gasteiger partial charge in [0.25, 0.3) is 0 Å². The van der Waals surface area contributed by atoms with Gasteiger partial charge in [-0.3, -0.25) is 0 Å². The smallest absolute Gasteiger partial charge is 0.431 e. The molecule has 0 unspecified atom stereocenters. The van der Waals surface area contributed by atoms with E-state index in [4.69, 9.17) is 21.3 Å². The van der Waals surface area contributed by atoms with Crippen LogP contribution in [0.25, 0.3) is 0 Å². The van der Waals surface area contributed by atoms with Crippen molar-refractivity contribution in [2.24, 2.45) is 16.9 Å². The second-order valence-corrected chi connectivity index (χ2v) is 5.45. The molecule has 0 aromatic rings. The van der Waals surface area contributed by atoms with Crippen molar-refractivity contribution in [3.63, 3.8) is 0 Å². The van der Waals surface area contributed by atoms with Crippen LogP contribution in [-0.4, -0.2) is 48.5 Å². The number of aliphatic carboxylic acids is 1. The molecule has 0 aromatic carbocycles. The molecule has 2 fully saturated rings. The molecule has 2 rings (SSSR count). The number of halogens is 3. The number of hydrogen-bond acceptors (Lipinski definition) is 5. The normalized spacial score (nSPS) is 23.0. The van der Waals surface area contributed by atoms with Gasteiger partial charge < -0.3 is 26.2 Å². The zero-order valence-electron chi connectivity index (χ0n) is 11.3. The Morgan fingerprint density at radius 3 is 2.14 bits per heavy atom. The number of alkyl halides is 3. The number of nitrogens with zero attached hydrogens (tertiary/aromatic N) is 1. The van der Waals surface area contributed by atoms with Crippen LogP contribution in [0.5, 0.6) is 0 Å². The van der Waals surface area contributed by atoms with Crippen molar-refractivity contribution in [1.29, 1.82) is 0 Å². The molecule has 0 atom stereocenters. The minimum absolute atomic E-state index is 0.0403. The van der Waals surface area contributed by atoms with Gasteiger partial charge in [-0.25, -0.2) is 4.79 Å². The number of carbonyl (C=O) groups is 1. The Kier molecular flexibility index (Phi) is 3.56. The van der Waals surface area contributed by atoms with Gasteiger partial charge in [0.15, 0.2) is 0 Å². The minimum atomic E-state index is -4.80. The lowest BCUT2D eigenvalue weighted by Gasteiger charge is -2.56. The van der Waals surface area contributed by atoms with Gasteiger partial charge in [0, 0.05) is 13.1 Å². The highest BCUT2D eigenvalue weighted by Crippen LogP contribution is 2.39. The summed E-state index contributed by atoms with van der Waals surface area (Å²) in [5, 5.41) is 9.15. The Morgan fingerprint density at radius 2 is 1.81 bits per heavy atom. The second kappa shape index (κ2) is 4.83. The van der Waals surface area contributed by atoms with Crippen LogP contribution in [0.15, 0.2) is 22.7 Å². The van der Waals surface area contributed by atoms with Crippen molar-refractivity contribution in [2.45, 2.75) is 13.1 Å². The van der Waals surface area contributed by atoms with Gasteiger partial charge in [-0.15, -0.1) is 0 Å². The van der Waals surface area contributed by atoms with Crippen LogP contribution in [0.4, 0.5) is 13.2 Å². The predicted molar refractivity (Wildman–Crippen MR) is 66.6 cm³/mol. The van der Waals surface area contributed by atoms with Gasteiger partial charge >= 0.3 is 12.1 Å². The van der Waals surface area contributed by atoms with Crippen molar-refractivity contribution in [1.82, 2.24) is 4.90 Å². The minimum Gasteiger partial charge on any atom is -0.478 e. The Morgan fingerprint density at radius 1 is 1.29 bits per heavy atom. The molecule has 5 N–H and O–H groups in total.